The van der Waals surface area contributed by atoms with Gasteiger partial charge in [0.05, 0.1) is 37.4 Å². The third-order valence-electron chi connectivity index (χ3n) is 18.6. The first-order valence-corrected chi connectivity index (χ1v) is 32.4. The Kier molecular flexibility index (Phi) is 28.6. The molecule has 5 heterocycles. The SMILES string of the molecule is CCOCCC(=O)N1CCN(c2ncc(CNC(=S)O[C@@H]3CC[C@@H](C[C@@H](C)[C@@H]4C[C@@H](O)[C@H](C)/C=C(\C)[C@@H](O)[C@@H](OC)C(=O)[C@H](C)C[C@H](C)/C=C/C=C/C=C(\C)[C@@H](OC)C[C@@H]5CC[C@@H](C)[C@@](O)(O5)C(=O)C(=O)N5CCCC[C@H]5C(=O)O4)C[C@H]3OC)cn2)CC1. The van der Waals surface area contributed by atoms with E-state index in [2.05, 4.69) is 20.2 Å². The van der Waals surface area contributed by atoms with Crippen LogP contribution in [-0.2, 0) is 63.7 Å². The van der Waals surface area contributed by atoms with Crippen LogP contribution in [0.4, 0.5) is 5.95 Å². The van der Waals surface area contributed by atoms with E-state index in [1.165, 1.54) is 12.0 Å². The van der Waals surface area contributed by atoms with Crippen molar-refractivity contribution in [1.29, 1.82) is 0 Å². The normalized spacial score (nSPS) is 34.7. The number of allylic oxidation sites excluding steroid dienone is 5. The summed E-state index contributed by atoms with van der Waals surface area (Å²) in [6.45, 7) is 18.7. The van der Waals surface area contributed by atoms with E-state index >= 15 is 0 Å². The number of carbonyl (C=O) groups excluding carboxylic acids is 5. The second-order valence-corrected chi connectivity index (χ2v) is 25.6. The fraction of sp³-hybridized carbons (Fsp3) is 0.727. The van der Waals surface area contributed by atoms with Gasteiger partial charge in [0.15, 0.2) is 5.78 Å². The number of amides is 2. The lowest BCUT2D eigenvalue weighted by atomic mass is 9.78. The number of rotatable bonds is 14. The molecule has 2 bridgehead atoms. The highest BCUT2D eigenvalue weighted by molar-refractivity contribution is 7.80. The number of piperazine rings is 1. The number of aromatic nitrogens is 2. The van der Waals surface area contributed by atoms with Gasteiger partial charge >= 0.3 is 5.97 Å². The number of nitrogens with zero attached hydrogens (tertiary/aromatic N) is 5. The quantitative estimate of drug-likeness (QED) is 0.0484. The third-order valence-corrected chi connectivity index (χ3v) is 18.8. The fourth-order valence-electron chi connectivity index (χ4n) is 13.0. The van der Waals surface area contributed by atoms with Crippen LogP contribution in [0.1, 0.15) is 144 Å². The number of esters is 1. The fourth-order valence-corrected chi connectivity index (χ4v) is 13.1. The highest BCUT2D eigenvalue weighted by Gasteiger charge is 2.53. The van der Waals surface area contributed by atoms with Gasteiger partial charge in [-0.2, -0.15) is 0 Å². The number of ketones is 2. The summed E-state index contributed by atoms with van der Waals surface area (Å²) in [5.41, 5.74) is 2.11. The zero-order valence-corrected chi connectivity index (χ0v) is 54.8. The molecule has 4 fully saturated rings. The van der Waals surface area contributed by atoms with Crippen LogP contribution < -0.4 is 10.2 Å². The summed E-state index contributed by atoms with van der Waals surface area (Å²) >= 11 is 5.68. The van der Waals surface area contributed by atoms with E-state index in [9.17, 15) is 39.3 Å². The summed E-state index contributed by atoms with van der Waals surface area (Å²) in [6, 6.07) is -1.15. The van der Waals surface area contributed by atoms with Crippen LogP contribution >= 0.6 is 12.2 Å². The maximum atomic E-state index is 14.8. The first kappa shape index (κ1) is 72.0. The molecule has 3 saturated heterocycles. The Labute approximate surface area is 527 Å². The van der Waals surface area contributed by atoms with Crippen LogP contribution in [0.2, 0.25) is 0 Å². The molecule has 4 aliphatic heterocycles. The summed E-state index contributed by atoms with van der Waals surface area (Å²) in [7, 11) is 4.61. The molecule has 0 unspecified atom stereocenters. The van der Waals surface area contributed by atoms with Gasteiger partial charge in [0, 0.05) is 116 Å². The van der Waals surface area contributed by atoms with E-state index in [0.717, 1.165) is 17.6 Å². The van der Waals surface area contributed by atoms with Crippen LogP contribution in [0.5, 0.6) is 0 Å². The van der Waals surface area contributed by atoms with Gasteiger partial charge in [-0.05, 0) is 126 Å². The largest absolute Gasteiger partial charge is 0.465 e. The average Bonchev–Trinajstić information content (AvgIpc) is 1.16. The molecule has 1 aromatic rings. The van der Waals surface area contributed by atoms with Crippen LogP contribution in [0.15, 0.2) is 60.0 Å². The van der Waals surface area contributed by atoms with Gasteiger partial charge in [-0.15, -0.1) is 0 Å². The lowest BCUT2D eigenvalue weighted by Crippen LogP contribution is -2.61. The summed E-state index contributed by atoms with van der Waals surface area (Å²) in [4.78, 5) is 84.5. The number of hydrogen-bond acceptors (Lipinski definition) is 19. The Hall–Kier alpha value is -5.04. The van der Waals surface area contributed by atoms with Gasteiger partial charge < -0.3 is 68.5 Å². The van der Waals surface area contributed by atoms with Crippen LogP contribution in [0.25, 0.3) is 0 Å². The zero-order chi connectivity index (χ0) is 64.2. The number of hydrogen-bond donors (Lipinski definition) is 4. The number of anilines is 1. The number of ether oxygens (including phenoxy) is 7. The Morgan fingerprint density at radius 1 is 0.852 bits per heavy atom. The number of aliphatic hydroxyl groups is 3. The maximum Gasteiger partial charge on any atom is 0.329 e. The summed E-state index contributed by atoms with van der Waals surface area (Å²) in [5, 5.41) is 39.2. The molecule has 0 radical (unpaired) electrons. The van der Waals surface area contributed by atoms with E-state index in [4.69, 9.17) is 45.4 Å². The van der Waals surface area contributed by atoms with E-state index in [0.29, 0.717) is 122 Å². The van der Waals surface area contributed by atoms with Gasteiger partial charge in [0.25, 0.3) is 16.9 Å². The molecule has 1 saturated carbocycles. The molecule has 0 spiro atoms. The number of cyclic esters (lactones) is 1. The van der Waals surface area contributed by atoms with E-state index in [-0.39, 0.29) is 66.2 Å². The van der Waals surface area contributed by atoms with Crippen molar-refractivity contribution < 1.29 is 72.5 Å². The minimum atomic E-state index is -2.45. The number of nitrogens with one attached hydrogen (secondary N) is 1. The number of aliphatic hydroxyl groups excluding tert-OH is 2. The molecule has 88 heavy (non-hydrogen) atoms. The molecule has 1 aromatic heterocycles. The Bertz CT molecular complexity index is 2580. The predicted octanol–water partition coefficient (Wildman–Crippen LogP) is 6.94. The van der Waals surface area contributed by atoms with Crippen LogP contribution in [0, 0.1) is 35.5 Å². The standard InChI is InChI=1S/C66H102N6O15S/c1-12-84-31-25-57(74)70-27-29-71(30-28-70)64-67-38-49(39-68-64)40-69-65(88)86-53-24-22-48(35-56(53)82-10)34-44(5)55-37-52(73)43(4)33-46(7)59(76)60(83-11)58(75)45(6)32-41(2)18-14-13-15-19-42(3)54(81-9)36-50-23-21-47(8)66(80,87-50)61(77)62(78)72-26-17-16-20-51(72)63(79)85-55/h13-15,18-19,33,38-39,41,43-45,47-48,50-56,59-60,73,76,80H,12,16-17,20-32,34-37,40H2,1-11H3,(H,69,88)/b15-13+,18-14+,42-19+,46-33+/t41-,43-,44-,45-,47-,48+,50+,51+,52-,53-,54+,55+,56-,59-,60+,66-/m1/s1. The van der Waals surface area contributed by atoms with Gasteiger partial charge in [-0.1, -0.05) is 71.1 Å². The van der Waals surface area contributed by atoms with E-state index in [1.54, 1.807) is 53.5 Å². The van der Waals surface area contributed by atoms with Crippen molar-refractivity contribution in [3.8, 4) is 0 Å². The number of thiocarbonyl (C=S) groups is 1. The highest BCUT2D eigenvalue weighted by atomic mass is 32.1. The molecule has 2 amide bonds. The molecule has 6 rings (SSSR count). The van der Waals surface area contributed by atoms with Crippen molar-refractivity contribution in [2.24, 2.45) is 35.5 Å². The molecule has 22 heteroatoms. The minimum Gasteiger partial charge on any atom is -0.465 e. The number of carbonyl (C=O) groups is 5. The number of methoxy groups -OCH3 is 3. The van der Waals surface area contributed by atoms with Crippen LogP contribution in [-0.4, -0.2) is 198 Å². The molecule has 5 aliphatic rings. The van der Waals surface area contributed by atoms with Crippen molar-refractivity contribution in [2.75, 3.05) is 72.2 Å². The first-order valence-electron chi connectivity index (χ1n) is 32.0. The Morgan fingerprint density at radius 3 is 2.26 bits per heavy atom. The summed E-state index contributed by atoms with van der Waals surface area (Å²) in [5.74, 6) is -6.93. The summed E-state index contributed by atoms with van der Waals surface area (Å²) < 4.78 is 41.9. The first-order chi connectivity index (χ1) is 42.0. The molecular weight excluding hydrogens is 1150 g/mol. The topological polar surface area (TPSA) is 258 Å². The van der Waals surface area contributed by atoms with Crippen molar-refractivity contribution in [3.05, 3.63) is 65.6 Å². The molecule has 0 aromatic carbocycles. The van der Waals surface area contributed by atoms with E-state index in [1.807, 2.05) is 69.9 Å². The molecule has 4 N–H and O–H groups in total. The lowest BCUT2D eigenvalue weighted by Gasteiger charge is -2.43. The molecule has 16 atom stereocenters. The molecule has 21 nitrogen and oxygen atoms in total. The Balaban J connectivity index is 1.16. The Morgan fingerprint density at radius 2 is 1.58 bits per heavy atom. The third kappa shape index (κ3) is 20.0. The van der Waals surface area contributed by atoms with Gasteiger partial charge in [-0.25, -0.2) is 14.8 Å². The average molecular weight is 1250 g/mol. The lowest BCUT2D eigenvalue weighted by molar-refractivity contribution is -0.265. The number of fused-ring (bicyclic) bond motifs is 3. The number of piperidine rings is 1. The zero-order valence-electron chi connectivity index (χ0n) is 54.0. The maximum absolute atomic E-state index is 14.8. The van der Waals surface area contributed by atoms with Crippen molar-refractivity contribution in [2.45, 2.75) is 206 Å². The second-order valence-electron chi connectivity index (χ2n) is 25.2. The van der Waals surface area contributed by atoms with Crippen molar-refractivity contribution in [1.82, 2.24) is 25.1 Å². The second kappa shape index (κ2) is 35.0. The predicted molar refractivity (Wildman–Crippen MR) is 336 cm³/mol. The van der Waals surface area contributed by atoms with Gasteiger partial charge in [0.2, 0.25) is 17.6 Å². The minimum absolute atomic E-state index is 0.00875. The smallest absolute Gasteiger partial charge is 0.329 e. The van der Waals surface area contributed by atoms with Gasteiger partial charge in [0.1, 0.15) is 30.5 Å². The molecule has 492 valence electrons. The van der Waals surface area contributed by atoms with Crippen molar-refractivity contribution >= 4 is 52.7 Å². The van der Waals surface area contributed by atoms with Crippen LogP contribution in [0.3, 0.4) is 0 Å². The van der Waals surface area contributed by atoms with E-state index < -0.39 is 83.9 Å². The highest BCUT2D eigenvalue weighted by Crippen LogP contribution is 2.38. The summed E-state index contributed by atoms with van der Waals surface area (Å²) in [6.07, 6.45) is 14.5. The number of Topliss-reactive ketones (excluding diaryl/α,β-unsaturated/α-hetero) is 2. The molecular formula is C66H102N6O15S. The van der Waals surface area contributed by atoms with Crippen molar-refractivity contribution in [3.63, 3.8) is 0 Å². The molecule has 1 aliphatic carbocycles. The monoisotopic (exact) mass is 1250 g/mol. The van der Waals surface area contributed by atoms with Gasteiger partial charge in [-0.3, -0.25) is 19.2 Å².